The standard InChI is InChI=1S/C62H103N11O16S/c1-15-41(8)55(71(12)61(82)53(39(4)5)69-60(81)54(40(6)7)70(10)11)47(85-13)36-51(77)72-28-17-19-46(72)56(86-14)42(9)57(78)65-37-90(84)44-22-20-43(21-23-44)66-58(79)45(18-16-27-64-62(63)83)67-59(80)52(38(2)3)68-48(74)26-30-87-32-34-89-35-33-88-31-29-73-49(75)24-25-50(73)76/h20-25,38-42,45-47,52-56H,15-19,26-37H2,1-14H3,(H,65,78)(H,66,79)(H,67,80)(H,68,74)(H,69,81)(H3,63,64,83)/t41-,42+,45-,46-,47+,52-,53-,54-,55-,56+,90?/m0/s1. The number of anilines is 1. The summed E-state index contributed by atoms with van der Waals surface area (Å²) in [5, 5.41) is 16.5. The summed E-state index contributed by atoms with van der Waals surface area (Å²) in [6.45, 7) is 18.6. The number of amides is 11. The lowest BCUT2D eigenvalue weighted by Crippen LogP contribution is -2.59. The molecule has 2 aliphatic heterocycles. The summed E-state index contributed by atoms with van der Waals surface area (Å²) in [5.74, 6) is -5.43. The molecule has 1 aromatic rings. The maximum atomic E-state index is 14.4. The molecule has 90 heavy (non-hydrogen) atoms. The van der Waals surface area contributed by atoms with Gasteiger partial charge in [0.1, 0.15) is 18.1 Å². The molecule has 0 aromatic heterocycles. The number of methoxy groups -OCH3 is 2. The van der Waals surface area contributed by atoms with Gasteiger partial charge in [-0.25, -0.2) is 4.79 Å². The van der Waals surface area contributed by atoms with Crippen LogP contribution in [0.2, 0.25) is 0 Å². The van der Waals surface area contributed by atoms with Gasteiger partial charge in [0, 0.05) is 63.5 Å². The van der Waals surface area contributed by atoms with Crippen LogP contribution in [0.15, 0.2) is 41.3 Å². The molecule has 27 nitrogen and oxygen atoms in total. The van der Waals surface area contributed by atoms with Gasteiger partial charge in [0.05, 0.1) is 106 Å². The van der Waals surface area contributed by atoms with E-state index in [4.69, 9.17) is 29.4 Å². The first kappa shape index (κ1) is 77.8. The van der Waals surface area contributed by atoms with Crippen LogP contribution in [0.1, 0.15) is 107 Å². The van der Waals surface area contributed by atoms with Crippen molar-refractivity contribution in [2.45, 2.75) is 161 Å². The molecule has 3 rings (SSSR count). The summed E-state index contributed by atoms with van der Waals surface area (Å²) in [4.78, 5) is 138. The van der Waals surface area contributed by atoms with Crippen LogP contribution in [0.5, 0.6) is 0 Å². The predicted molar refractivity (Wildman–Crippen MR) is 338 cm³/mol. The molecule has 1 unspecified atom stereocenters. The third-order valence-electron chi connectivity index (χ3n) is 16.2. The SMILES string of the molecule is CC[C@H](C)[C@@H]([C@@H](CC(=O)N1CCC[C@H]1[C@H](OC)[C@@H](C)C(=O)NCS(=O)c1ccc(NC(=O)[C@H](CCCNC(N)=O)NC(=O)[C@@H](NC(=O)CCOCCOCCOCCN2C(=O)C=CC2=O)C(C)C)cc1)OC)N(C)C(=O)[C@@H](NC(=O)[C@H](C(C)C)N(C)C)C(C)C. The lowest BCUT2D eigenvalue weighted by Gasteiger charge is -2.41. The van der Waals surface area contributed by atoms with E-state index in [2.05, 4.69) is 31.9 Å². The molecule has 0 spiro atoms. The Bertz CT molecular complexity index is 2550. The maximum Gasteiger partial charge on any atom is 0.312 e. The van der Waals surface area contributed by atoms with Gasteiger partial charge in [-0.3, -0.25) is 57.2 Å². The van der Waals surface area contributed by atoms with Crippen molar-refractivity contribution in [3.05, 3.63) is 36.4 Å². The van der Waals surface area contributed by atoms with E-state index in [1.807, 2.05) is 60.5 Å². The molecule has 1 fully saturated rings. The minimum Gasteiger partial charge on any atom is -0.379 e. The number of nitrogens with one attached hydrogen (secondary N) is 6. The smallest absolute Gasteiger partial charge is 0.312 e. The van der Waals surface area contributed by atoms with E-state index in [0.717, 1.165) is 4.90 Å². The number of carbonyl (C=O) groups is 10. The molecule has 0 aliphatic carbocycles. The Labute approximate surface area is 533 Å². The van der Waals surface area contributed by atoms with E-state index in [0.29, 0.717) is 36.4 Å². The van der Waals surface area contributed by atoms with Crippen LogP contribution in [0.4, 0.5) is 10.5 Å². The molecule has 11 amide bonds. The summed E-state index contributed by atoms with van der Waals surface area (Å²) >= 11 is 0. The van der Waals surface area contributed by atoms with Crippen LogP contribution in [0, 0.1) is 29.6 Å². The van der Waals surface area contributed by atoms with E-state index in [1.165, 1.54) is 50.6 Å². The average Bonchev–Trinajstić information content (AvgIpc) is 1.72. The second-order valence-corrected chi connectivity index (χ2v) is 25.5. The Morgan fingerprint density at radius 1 is 0.722 bits per heavy atom. The highest BCUT2D eigenvalue weighted by atomic mass is 32.2. The van der Waals surface area contributed by atoms with Crippen molar-refractivity contribution in [1.29, 1.82) is 0 Å². The summed E-state index contributed by atoms with van der Waals surface area (Å²) < 4.78 is 42.0. The molecule has 28 heteroatoms. The number of primary amides is 1. The molecule has 0 radical (unpaired) electrons. The van der Waals surface area contributed by atoms with Gasteiger partial charge in [0.25, 0.3) is 11.8 Å². The fourth-order valence-electron chi connectivity index (χ4n) is 11.1. The van der Waals surface area contributed by atoms with Crippen LogP contribution in [-0.4, -0.2) is 232 Å². The lowest BCUT2D eigenvalue weighted by atomic mass is 9.89. The van der Waals surface area contributed by atoms with E-state index < -0.39 is 101 Å². The minimum atomic E-state index is -1.75. The van der Waals surface area contributed by atoms with Crippen LogP contribution in [0.25, 0.3) is 0 Å². The summed E-state index contributed by atoms with van der Waals surface area (Å²) in [6.07, 6.45) is 3.05. The monoisotopic (exact) mass is 1290 g/mol. The van der Waals surface area contributed by atoms with Crippen molar-refractivity contribution in [3.8, 4) is 0 Å². The summed E-state index contributed by atoms with van der Waals surface area (Å²) in [6, 6.07) is 0.891. The number of ether oxygens (including phenoxy) is 5. The molecule has 8 N–H and O–H groups in total. The zero-order valence-corrected chi connectivity index (χ0v) is 56.1. The quantitative estimate of drug-likeness (QED) is 0.0363. The first-order valence-electron chi connectivity index (χ1n) is 31.2. The molecule has 2 aliphatic rings. The predicted octanol–water partition coefficient (Wildman–Crippen LogP) is 1.89. The minimum absolute atomic E-state index is 0.00264. The Hall–Kier alpha value is -6.43. The van der Waals surface area contributed by atoms with Crippen LogP contribution in [0.3, 0.4) is 0 Å². The second kappa shape index (κ2) is 39.7. The van der Waals surface area contributed by atoms with Crippen LogP contribution in [-0.2, 0) is 77.6 Å². The zero-order valence-electron chi connectivity index (χ0n) is 55.3. The van der Waals surface area contributed by atoms with Gasteiger partial charge < -0.3 is 71.1 Å². The Balaban J connectivity index is 1.58. The summed E-state index contributed by atoms with van der Waals surface area (Å²) in [5.41, 5.74) is 5.54. The van der Waals surface area contributed by atoms with Gasteiger partial charge in [0.2, 0.25) is 41.4 Å². The molecule has 2 heterocycles. The third-order valence-corrected chi connectivity index (χ3v) is 17.4. The van der Waals surface area contributed by atoms with Gasteiger partial charge in [-0.15, -0.1) is 0 Å². The fourth-order valence-corrected chi connectivity index (χ4v) is 11.9. The first-order valence-corrected chi connectivity index (χ1v) is 32.5. The molecule has 0 bridgehead atoms. The van der Waals surface area contributed by atoms with E-state index in [9.17, 15) is 52.2 Å². The molecular weight excluding hydrogens is 1190 g/mol. The van der Waals surface area contributed by atoms with Gasteiger partial charge in [0.15, 0.2) is 0 Å². The van der Waals surface area contributed by atoms with Gasteiger partial charge >= 0.3 is 6.03 Å². The second-order valence-electron chi connectivity index (χ2n) is 24.0. The number of nitrogens with two attached hydrogens (primary N) is 1. The molecule has 508 valence electrons. The fraction of sp³-hybridized carbons (Fsp3) is 0.710. The number of hydrogen-bond acceptors (Lipinski definition) is 17. The van der Waals surface area contributed by atoms with E-state index >= 15 is 0 Å². The number of imide groups is 1. The van der Waals surface area contributed by atoms with Crippen molar-refractivity contribution in [3.63, 3.8) is 0 Å². The molecule has 11 atom stereocenters. The van der Waals surface area contributed by atoms with Crippen molar-refractivity contribution < 1.29 is 75.8 Å². The molecule has 0 saturated carbocycles. The highest BCUT2D eigenvalue weighted by Crippen LogP contribution is 2.30. The summed E-state index contributed by atoms with van der Waals surface area (Å²) in [7, 11) is 6.61. The van der Waals surface area contributed by atoms with Crippen LogP contribution >= 0.6 is 0 Å². The van der Waals surface area contributed by atoms with Gasteiger partial charge in [-0.05, 0) is 87.7 Å². The molecule has 1 saturated heterocycles. The topological polar surface area (TPSA) is 345 Å². The first-order chi connectivity index (χ1) is 42.6. The number of hydrogen-bond donors (Lipinski definition) is 7. The van der Waals surface area contributed by atoms with Gasteiger partial charge in [-0.2, -0.15) is 0 Å². The number of benzene rings is 1. The highest BCUT2D eigenvalue weighted by molar-refractivity contribution is 7.85. The highest BCUT2D eigenvalue weighted by Gasteiger charge is 2.43. The number of likely N-dealkylation sites (tertiary alicyclic amines) is 1. The number of urea groups is 1. The largest absolute Gasteiger partial charge is 0.379 e. The number of rotatable bonds is 42. The van der Waals surface area contributed by atoms with Gasteiger partial charge in [-0.1, -0.05) is 68.7 Å². The zero-order chi connectivity index (χ0) is 67.4. The Morgan fingerprint density at radius 3 is 1.87 bits per heavy atom. The van der Waals surface area contributed by atoms with Crippen molar-refractivity contribution >= 4 is 75.7 Å². The number of likely N-dealkylation sites (N-methyl/N-ethyl adjacent to an activating group) is 2. The Kier molecular flexibility index (Phi) is 34.4. The van der Waals surface area contributed by atoms with E-state index in [1.54, 1.807) is 37.6 Å². The Morgan fingerprint density at radius 2 is 1.32 bits per heavy atom. The van der Waals surface area contributed by atoms with Crippen LogP contribution < -0.4 is 37.6 Å². The van der Waals surface area contributed by atoms with Crippen molar-refractivity contribution in [1.82, 2.24) is 46.2 Å². The molecular formula is C62H103N11O16S. The maximum absolute atomic E-state index is 14.4. The number of nitrogens with zero attached hydrogens (tertiary/aromatic N) is 4. The molecule has 1 aromatic carbocycles. The lowest BCUT2D eigenvalue weighted by molar-refractivity contribution is -0.148. The van der Waals surface area contributed by atoms with Crippen molar-refractivity contribution in [2.75, 3.05) is 106 Å². The van der Waals surface area contributed by atoms with E-state index in [-0.39, 0.29) is 132 Å². The van der Waals surface area contributed by atoms with Crippen molar-refractivity contribution in [2.24, 2.45) is 35.3 Å². The third kappa shape index (κ3) is 24.6. The average molecular weight is 1290 g/mol. The normalized spacial score (nSPS) is 17.5. The number of carbonyl (C=O) groups excluding carboxylic acids is 10.